The largest absolute Gasteiger partial charge is 0.486 e. The zero-order valence-corrected chi connectivity index (χ0v) is 15.1. The normalized spacial score (nSPS) is 12.3. The van der Waals surface area contributed by atoms with E-state index in [1.165, 1.54) is 11.8 Å². The topological polar surface area (TPSA) is 73.9 Å². The molecule has 26 heavy (non-hydrogen) atoms. The number of esters is 1. The fourth-order valence-electron chi connectivity index (χ4n) is 2.36. The lowest BCUT2D eigenvalue weighted by Gasteiger charge is -2.18. The van der Waals surface area contributed by atoms with Gasteiger partial charge in [0.1, 0.15) is 13.2 Å². The summed E-state index contributed by atoms with van der Waals surface area (Å²) in [5.74, 6) is 1.19. The van der Waals surface area contributed by atoms with Gasteiger partial charge in [-0.15, -0.1) is 11.8 Å². The monoisotopic (exact) mass is 373 g/mol. The van der Waals surface area contributed by atoms with Gasteiger partial charge in [0, 0.05) is 10.6 Å². The second-order valence-corrected chi connectivity index (χ2v) is 6.49. The fraction of sp³-hybridized carbons (Fsp3) is 0.263. The van der Waals surface area contributed by atoms with Crippen LogP contribution in [-0.4, -0.2) is 37.4 Å². The van der Waals surface area contributed by atoms with Crippen LogP contribution < -0.4 is 14.8 Å². The third-order valence-electron chi connectivity index (χ3n) is 3.56. The molecule has 0 spiro atoms. The van der Waals surface area contributed by atoms with Crippen LogP contribution in [0.2, 0.25) is 0 Å². The van der Waals surface area contributed by atoms with Crippen LogP contribution in [0.1, 0.15) is 17.3 Å². The van der Waals surface area contributed by atoms with Gasteiger partial charge in [-0.05, 0) is 49.4 Å². The van der Waals surface area contributed by atoms with Crippen LogP contribution in [0, 0.1) is 0 Å². The molecule has 0 saturated carbocycles. The van der Waals surface area contributed by atoms with E-state index in [9.17, 15) is 9.59 Å². The van der Waals surface area contributed by atoms with Crippen molar-refractivity contribution in [2.24, 2.45) is 0 Å². The number of fused-ring (bicyclic) bond motifs is 1. The number of hydrogen-bond donors (Lipinski definition) is 1. The Bertz CT molecular complexity index is 791. The zero-order chi connectivity index (χ0) is 18.4. The quantitative estimate of drug-likeness (QED) is 0.618. The molecule has 0 aromatic heterocycles. The van der Waals surface area contributed by atoms with Gasteiger partial charge in [-0.25, -0.2) is 4.79 Å². The Kier molecular flexibility index (Phi) is 6.01. The number of carbonyl (C=O) groups is 2. The van der Waals surface area contributed by atoms with Crippen molar-refractivity contribution >= 4 is 29.3 Å². The predicted octanol–water partition coefficient (Wildman–Crippen LogP) is 3.37. The Balaban J connectivity index is 1.52. The Morgan fingerprint density at radius 1 is 1.08 bits per heavy atom. The van der Waals surface area contributed by atoms with Gasteiger partial charge in [-0.2, -0.15) is 0 Å². The maximum Gasteiger partial charge on any atom is 0.338 e. The molecule has 1 N–H and O–H groups in total. The first kappa shape index (κ1) is 18.1. The highest BCUT2D eigenvalue weighted by molar-refractivity contribution is 8.00. The van der Waals surface area contributed by atoms with Gasteiger partial charge in [0.2, 0.25) is 5.91 Å². The van der Waals surface area contributed by atoms with E-state index in [4.69, 9.17) is 14.2 Å². The van der Waals surface area contributed by atoms with Gasteiger partial charge in [0.25, 0.3) is 0 Å². The summed E-state index contributed by atoms with van der Waals surface area (Å²) in [6, 6.07) is 12.2. The molecule has 1 aliphatic rings. The van der Waals surface area contributed by atoms with Crippen molar-refractivity contribution in [3.05, 3.63) is 48.0 Å². The molecule has 7 heteroatoms. The SMILES string of the molecule is CCOC(=O)c1ccc(NC(=O)CSc2ccc3c(c2)OCCO3)cc1. The van der Waals surface area contributed by atoms with Crippen molar-refractivity contribution in [3.63, 3.8) is 0 Å². The molecule has 0 aliphatic carbocycles. The highest BCUT2D eigenvalue weighted by atomic mass is 32.2. The fourth-order valence-corrected chi connectivity index (χ4v) is 3.09. The van der Waals surface area contributed by atoms with Crippen molar-refractivity contribution in [3.8, 4) is 11.5 Å². The molecule has 3 rings (SSSR count). The van der Waals surface area contributed by atoms with Crippen molar-refractivity contribution in [2.75, 3.05) is 30.9 Å². The van der Waals surface area contributed by atoms with Crippen molar-refractivity contribution in [1.29, 1.82) is 0 Å². The first-order valence-corrected chi connectivity index (χ1v) is 9.24. The van der Waals surface area contributed by atoms with Crippen LogP contribution in [0.5, 0.6) is 11.5 Å². The van der Waals surface area contributed by atoms with E-state index in [0.717, 1.165) is 10.6 Å². The van der Waals surface area contributed by atoms with E-state index >= 15 is 0 Å². The van der Waals surface area contributed by atoms with Crippen molar-refractivity contribution < 1.29 is 23.8 Å². The van der Waals surface area contributed by atoms with Crippen LogP contribution in [0.4, 0.5) is 5.69 Å². The molecule has 6 nitrogen and oxygen atoms in total. The minimum Gasteiger partial charge on any atom is -0.486 e. The average molecular weight is 373 g/mol. The lowest BCUT2D eigenvalue weighted by Crippen LogP contribution is -2.15. The minimum atomic E-state index is -0.375. The molecule has 1 amide bonds. The van der Waals surface area contributed by atoms with E-state index in [0.29, 0.717) is 36.8 Å². The zero-order valence-electron chi connectivity index (χ0n) is 14.3. The van der Waals surface area contributed by atoms with Crippen LogP contribution >= 0.6 is 11.8 Å². The highest BCUT2D eigenvalue weighted by Gasteiger charge is 2.13. The number of nitrogens with one attached hydrogen (secondary N) is 1. The lowest BCUT2D eigenvalue weighted by molar-refractivity contribution is -0.113. The summed E-state index contributed by atoms with van der Waals surface area (Å²) in [5, 5.41) is 2.80. The van der Waals surface area contributed by atoms with Crippen molar-refractivity contribution in [1.82, 2.24) is 0 Å². The average Bonchev–Trinajstić information content (AvgIpc) is 2.67. The van der Waals surface area contributed by atoms with E-state index < -0.39 is 0 Å². The Morgan fingerprint density at radius 2 is 1.81 bits per heavy atom. The van der Waals surface area contributed by atoms with E-state index in [1.807, 2.05) is 18.2 Å². The molecule has 136 valence electrons. The number of benzene rings is 2. The van der Waals surface area contributed by atoms with Gasteiger partial charge < -0.3 is 19.5 Å². The molecule has 2 aromatic rings. The molecule has 0 atom stereocenters. The van der Waals surface area contributed by atoms with E-state index in [-0.39, 0.29) is 17.6 Å². The summed E-state index contributed by atoms with van der Waals surface area (Å²) in [4.78, 5) is 24.7. The van der Waals surface area contributed by atoms with E-state index in [2.05, 4.69) is 5.32 Å². The molecular formula is C19H19NO5S. The number of ether oxygens (including phenoxy) is 3. The van der Waals surface area contributed by atoms with Gasteiger partial charge in [0.15, 0.2) is 11.5 Å². The number of rotatable bonds is 6. The lowest BCUT2D eigenvalue weighted by atomic mass is 10.2. The molecule has 0 radical (unpaired) electrons. The predicted molar refractivity (Wildman–Crippen MR) is 99.2 cm³/mol. The van der Waals surface area contributed by atoms with Crippen molar-refractivity contribution in [2.45, 2.75) is 11.8 Å². The second kappa shape index (κ2) is 8.62. The van der Waals surface area contributed by atoms with Gasteiger partial charge in [-0.1, -0.05) is 0 Å². The van der Waals surface area contributed by atoms with Gasteiger partial charge >= 0.3 is 5.97 Å². The van der Waals surface area contributed by atoms with Gasteiger partial charge in [-0.3, -0.25) is 4.79 Å². The molecule has 0 bridgehead atoms. The molecular weight excluding hydrogens is 354 g/mol. The molecule has 0 saturated heterocycles. The van der Waals surface area contributed by atoms with Crippen LogP contribution in [0.3, 0.4) is 0 Å². The maximum atomic E-state index is 12.1. The summed E-state index contributed by atoms with van der Waals surface area (Å²) in [6.45, 7) is 3.17. The number of amides is 1. The third-order valence-corrected chi connectivity index (χ3v) is 4.56. The molecule has 0 fully saturated rings. The Morgan fingerprint density at radius 3 is 2.54 bits per heavy atom. The van der Waals surface area contributed by atoms with Crippen LogP contribution in [-0.2, 0) is 9.53 Å². The summed E-state index contributed by atoms with van der Waals surface area (Å²) in [6.07, 6.45) is 0. The number of carbonyl (C=O) groups excluding carboxylic acids is 2. The first-order valence-electron chi connectivity index (χ1n) is 8.25. The molecule has 2 aromatic carbocycles. The molecule has 0 unspecified atom stereocenters. The standard InChI is InChI=1S/C19H19NO5S/c1-2-23-19(22)13-3-5-14(6-4-13)20-18(21)12-26-15-7-8-16-17(11-15)25-10-9-24-16/h3-8,11H,2,9-10,12H2,1H3,(H,20,21). The van der Waals surface area contributed by atoms with E-state index in [1.54, 1.807) is 31.2 Å². The minimum absolute atomic E-state index is 0.131. The smallest absolute Gasteiger partial charge is 0.338 e. The number of thioether (sulfide) groups is 1. The number of hydrogen-bond acceptors (Lipinski definition) is 6. The molecule has 1 heterocycles. The first-order chi connectivity index (χ1) is 12.7. The Hall–Kier alpha value is -2.67. The summed E-state index contributed by atoms with van der Waals surface area (Å²) in [7, 11) is 0. The maximum absolute atomic E-state index is 12.1. The third kappa shape index (κ3) is 4.70. The molecule has 1 aliphatic heterocycles. The van der Waals surface area contributed by atoms with Crippen LogP contribution in [0.25, 0.3) is 0 Å². The summed E-state index contributed by atoms with van der Waals surface area (Å²) < 4.78 is 15.9. The highest BCUT2D eigenvalue weighted by Crippen LogP contribution is 2.34. The summed E-state index contributed by atoms with van der Waals surface area (Å²) >= 11 is 1.41. The van der Waals surface area contributed by atoms with Crippen LogP contribution in [0.15, 0.2) is 47.4 Å². The number of anilines is 1. The summed E-state index contributed by atoms with van der Waals surface area (Å²) in [5.41, 5.74) is 1.08. The van der Waals surface area contributed by atoms with Gasteiger partial charge in [0.05, 0.1) is 17.9 Å². The second-order valence-electron chi connectivity index (χ2n) is 5.44. The Labute approximate surface area is 155 Å².